The molecule has 2 amide bonds. The highest BCUT2D eigenvalue weighted by atomic mass is 32.2. The number of aryl methyl sites for hydroxylation is 1. The van der Waals surface area contributed by atoms with E-state index >= 15 is 0 Å². The second-order valence-corrected chi connectivity index (χ2v) is 9.29. The molecule has 0 aliphatic carbocycles. The quantitative estimate of drug-likeness (QED) is 0.572. The molecular formula is C25H20F2N2O2S. The molecule has 0 saturated carbocycles. The number of nitrogens with zero attached hydrogens (tertiary/aromatic N) is 2. The number of carbonyl (C=O) groups excluding carboxylic acids is 2. The highest BCUT2D eigenvalue weighted by Crippen LogP contribution is 2.54. The van der Waals surface area contributed by atoms with Crippen molar-refractivity contribution in [3.05, 3.63) is 101 Å². The Labute approximate surface area is 188 Å². The van der Waals surface area contributed by atoms with Crippen LogP contribution in [0.5, 0.6) is 0 Å². The van der Waals surface area contributed by atoms with Crippen molar-refractivity contribution in [1.29, 1.82) is 0 Å². The van der Waals surface area contributed by atoms with Crippen LogP contribution in [0.2, 0.25) is 0 Å². The summed E-state index contributed by atoms with van der Waals surface area (Å²) in [6.07, 6.45) is 0. The van der Waals surface area contributed by atoms with Gasteiger partial charge in [-0.2, -0.15) is 0 Å². The predicted molar refractivity (Wildman–Crippen MR) is 120 cm³/mol. The number of hydrogen-bond donors (Lipinski definition) is 0. The molecular weight excluding hydrogens is 430 g/mol. The third kappa shape index (κ3) is 3.19. The molecule has 3 aromatic carbocycles. The first-order chi connectivity index (χ1) is 15.4. The number of thioether (sulfide) groups is 1. The van der Waals surface area contributed by atoms with Gasteiger partial charge in [0, 0.05) is 23.4 Å². The number of carbonyl (C=O) groups is 2. The fourth-order valence-corrected chi connectivity index (χ4v) is 5.94. The van der Waals surface area contributed by atoms with E-state index in [2.05, 4.69) is 0 Å². The first-order valence-corrected chi connectivity index (χ1v) is 11.3. The first-order valence-electron chi connectivity index (χ1n) is 10.3. The molecule has 0 unspecified atom stereocenters. The van der Waals surface area contributed by atoms with Crippen LogP contribution in [-0.4, -0.2) is 29.0 Å². The molecule has 7 heteroatoms. The van der Waals surface area contributed by atoms with Gasteiger partial charge >= 0.3 is 0 Å². The lowest BCUT2D eigenvalue weighted by Gasteiger charge is -2.33. The number of hydrogen-bond acceptors (Lipinski definition) is 3. The Morgan fingerprint density at radius 3 is 2.53 bits per heavy atom. The first kappa shape index (κ1) is 20.7. The summed E-state index contributed by atoms with van der Waals surface area (Å²) in [7, 11) is 0. The van der Waals surface area contributed by atoms with Crippen LogP contribution in [0.15, 0.2) is 66.7 Å². The van der Waals surface area contributed by atoms with Crippen LogP contribution >= 0.6 is 11.8 Å². The highest BCUT2D eigenvalue weighted by molar-refractivity contribution is 8.01. The highest BCUT2D eigenvalue weighted by Gasteiger charge is 2.59. The molecule has 5 rings (SSSR count). The van der Waals surface area contributed by atoms with E-state index in [4.69, 9.17) is 0 Å². The normalized spacial score (nSPS) is 19.7. The van der Waals surface area contributed by atoms with E-state index < -0.39 is 16.5 Å². The van der Waals surface area contributed by atoms with Crippen molar-refractivity contribution < 1.29 is 18.4 Å². The third-order valence-electron chi connectivity index (χ3n) is 5.91. The summed E-state index contributed by atoms with van der Waals surface area (Å²) in [5.41, 5.74) is 3.39. The summed E-state index contributed by atoms with van der Waals surface area (Å²) in [6, 6.07) is 17.4. The monoisotopic (exact) mass is 450 g/mol. The van der Waals surface area contributed by atoms with E-state index in [1.54, 1.807) is 11.0 Å². The summed E-state index contributed by atoms with van der Waals surface area (Å²) in [6.45, 7) is 2.64. The molecule has 0 radical (unpaired) electrons. The van der Waals surface area contributed by atoms with E-state index in [0.717, 1.165) is 11.1 Å². The zero-order chi connectivity index (χ0) is 22.5. The topological polar surface area (TPSA) is 40.6 Å². The maximum Gasteiger partial charge on any atom is 0.268 e. The maximum atomic E-state index is 14.3. The molecule has 0 aromatic heterocycles. The number of anilines is 1. The van der Waals surface area contributed by atoms with Crippen molar-refractivity contribution in [3.8, 4) is 0 Å². The molecule has 162 valence electrons. The zero-order valence-electron chi connectivity index (χ0n) is 17.3. The fourth-order valence-electron chi connectivity index (χ4n) is 4.49. The van der Waals surface area contributed by atoms with Crippen LogP contribution in [0, 0.1) is 18.6 Å². The second kappa shape index (κ2) is 7.74. The van der Waals surface area contributed by atoms with Gasteiger partial charge in [-0.05, 0) is 55.0 Å². The Morgan fingerprint density at radius 1 is 1.03 bits per heavy atom. The van der Waals surface area contributed by atoms with Crippen molar-refractivity contribution in [2.45, 2.75) is 18.3 Å². The second-order valence-electron chi connectivity index (χ2n) is 8.00. The molecule has 0 N–H and O–H groups in total. The molecule has 1 atom stereocenters. The molecule has 32 heavy (non-hydrogen) atoms. The number of benzene rings is 3. The van der Waals surface area contributed by atoms with Crippen molar-refractivity contribution in [1.82, 2.24) is 4.90 Å². The number of rotatable bonds is 3. The molecule has 2 aliphatic rings. The lowest BCUT2D eigenvalue weighted by Crippen LogP contribution is -2.50. The van der Waals surface area contributed by atoms with Crippen LogP contribution in [0.4, 0.5) is 14.5 Å². The van der Waals surface area contributed by atoms with E-state index in [9.17, 15) is 18.4 Å². The van der Waals surface area contributed by atoms with Gasteiger partial charge in [-0.1, -0.05) is 29.8 Å². The van der Waals surface area contributed by atoms with Crippen LogP contribution < -0.4 is 4.90 Å². The Kier molecular flexibility index (Phi) is 5.01. The zero-order valence-corrected chi connectivity index (χ0v) is 18.2. The average molecular weight is 451 g/mol. The SMILES string of the molecule is Cc1cccc(CN2C(=O)[C@]3(SCCN3C(=O)c3ccc(F)cc3)c3cc(F)ccc32)c1. The number of halogens is 2. The van der Waals surface area contributed by atoms with Crippen LogP contribution in [0.25, 0.3) is 0 Å². The van der Waals surface area contributed by atoms with Crippen molar-refractivity contribution in [3.63, 3.8) is 0 Å². The molecule has 2 aliphatic heterocycles. The molecule has 1 saturated heterocycles. The summed E-state index contributed by atoms with van der Waals surface area (Å²) in [5.74, 6) is -1.02. The van der Waals surface area contributed by atoms with E-state index in [1.807, 2.05) is 31.2 Å². The van der Waals surface area contributed by atoms with Crippen LogP contribution in [0.1, 0.15) is 27.0 Å². The molecule has 3 aromatic rings. The Hall–Kier alpha value is -3.19. The van der Waals surface area contributed by atoms with Gasteiger partial charge in [0.2, 0.25) is 0 Å². The average Bonchev–Trinajstić information content (AvgIpc) is 3.31. The number of amides is 2. The summed E-state index contributed by atoms with van der Waals surface area (Å²) >= 11 is 1.34. The van der Waals surface area contributed by atoms with Gasteiger partial charge in [0.25, 0.3) is 11.8 Å². The lowest BCUT2D eigenvalue weighted by atomic mass is 10.0. The van der Waals surface area contributed by atoms with Crippen LogP contribution in [0.3, 0.4) is 0 Å². The lowest BCUT2D eigenvalue weighted by molar-refractivity contribution is -0.123. The van der Waals surface area contributed by atoms with Gasteiger partial charge in [-0.25, -0.2) is 8.78 Å². The summed E-state index contributed by atoms with van der Waals surface area (Å²) < 4.78 is 27.7. The number of fused-ring (bicyclic) bond motifs is 2. The Balaban J connectivity index is 1.59. The van der Waals surface area contributed by atoms with Crippen molar-refractivity contribution >= 4 is 29.3 Å². The molecule has 4 nitrogen and oxygen atoms in total. The largest absolute Gasteiger partial charge is 0.311 e. The fraction of sp³-hybridized carbons (Fsp3) is 0.200. The van der Waals surface area contributed by atoms with Crippen LogP contribution in [-0.2, 0) is 16.2 Å². The predicted octanol–water partition coefficient (Wildman–Crippen LogP) is 4.86. The summed E-state index contributed by atoms with van der Waals surface area (Å²) in [5, 5.41) is 0. The van der Waals surface area contributed by atoms with Gasteiger partial charge in [0.05, 0.1) is 12.2 Å². The third-order valence-corrected chi connectivity index (χ3v) is 7.33. The van der Waals surface area contributed by atoms with E-state index in [1.165, 1.54) is 53.1 Å². The minimum Gasteiger partial charge on any atom is -0.311 e. The molecule has 1 fully saturated rings. The molecule has 1 spiro atoms. The van der Waals surface area contributed by atoms with E-state index in [-0.39, 0.29) is 17.4 Å². The van der Waals surface area contributed by atoms with E-state index in [0.29, 0.717) is 30.1 Å². The van der Waals surface area contributed by atoms with Crippen molar-refractivity contribution in [2.24, 2.45) is 0 Å². The minimum absolute atomic E-state index is 0.266. The van der Waals surface area contributed by atoms with Gasteiger partial charge < -0.3 is 9.80 Å². The Bertz CT molecular complexity index is 1230. The molecule has 2 heterocycles. The maximum absolute atomic E-state index is 14.3. The van der Waals surface area contributed by atoms with Gasteiger partial charge in [0.15, 0.2) is 4.87 Å². The van der Waals surface area contributed by atoms with Gasteiger partial charge in [-0.15, -0.1) is 11.8 Å². The van der Waals surface area contributed by atoms with Gasteiger partial charge in [0.1, 0.15) is 11.6 Å². The minimum atomic E-state index is -1.34. The summed E-state index contributed by atoms with van der Waals surface area (Å²) in [4.78, 5) is 29.1. The van der Waals surface area contributed by atoms with Gasteiger partial charge in [-0.3, -0.25) is 9.59 Å². The standard InChI is InChI=1S/C25H20F2N2O2S/c1-16-3-2-4-17(13-16)15-28-22-10-9-20(27)14-21(22)25(24(28)31)29(11-12-32-25)23(30)18-5-7-19(26)8-6-18/h2-10,13-14H,11-12,15H2,1H3/t25-/m1/s1. The van der Waals surface area contributed by atoms with Crippen molar-refractivity contribution in [2.75, 3.05) is 17.2 Å². The smallest absolute Gasteiger partial charge is 0.268 e. The Morgan fingerprint density at radius 2 is 1.78 bits per heavy atom. The molecule has 0 bridgehead atoms.